The molecule has 0 aliphatic rings. The molecule has 0 spiro atoms. The van der Waals surface area contributed by atoms with Crippen LogP contribution in [-0.2, 0) is 5.41 Å². The molecule has 0 aliphatic carbocycles. The minimum Gasteiger partial charge on any atom is -0.319 e. The van der Waals surface area contributed by atoms with Gasteiger partial charge in [0.1, 0.15) is 5.82 Å². The molecule has 24 heavy (non-hydrogen) atoms. The van der Waals surface area contributed by atoms with Gasteiger partial charge in [-0.05, 0) is 18.2 Å². The zero-order valence-corrected chi connectivity index (χ0v) is 13.9. The van der Waals surface area contributed by atoms with E-state index in [1.165, 1.54) is 0 Å². The summed E-state index contributed by atoms with van der Waals surface area (Å²) in [6.45, 7) is 6.13. The van der Waals surface area contributed by atoms with Crippen molar-refractivity contribution in [2.75, 3.05) is 5.32 Å². The van der Waals surface area contributed by atoms with Crippen molar-refractivity contribution in [1.29, 1.82) is 0 Å². The number of nitrogens with one attached hydrogen (secondary N) is 1. The smallest absolute Gasteiger partial charge is 0.257 e. The fourth-order valence-corrected chi connectivity index (χ4v) is 2.26. The molecular weight excluding hydrogens is 302 g/mol. The van der Waals surface area contributed by atoms with E-state index in [0.29, 0.717) is 16.9 Å². The minimum absolute atomic E-state index is 0.130. The Balaban J connectivity index is 1.84. The molecule has 1 amide bonds. The van der Waals surface area contributed by atoms with Crippen molar-refractivity contribution < 1.29 is 4.79 Å². The highest BCUT2D eigenvalue weighted by Crippen LogP contribution is 2.19. The van der Waals surface area contributed by atoms with Gasteiger partial charge >= 0.3 is 0 Å². The molecule has 3 aromatic rings. The molecule has 2 aromatic heterocycles. The zero-order valence-electron chi connectivity index (χ0n) is 13.9. The van der Waals surface area contributed by atoms with Crippen LogP contribution in [0.4, 0.5) is 5.69 Å². The quantitative estimate of drug-likeness (QED) is 0.804. The van der Waals surface area contributed by atoms with E-state index in [1.54, 1.807) is 35.5 Å². The van der Waals surface area contributed by atoms with Crippen molar-refractivity contribution in [3.05, 3.63) is 66.5 Å². The first kappa shape index (κ1) is 15.9. The fraction of sp³-hybridized carbons (Fsp3) is 0.222. The van der Waals surface area contributed by atoms with E-state index in [0.717, 1.165) is 5.82 Å². The second-order valence-corrected chi connectivity index (χ2v) is 6.47. The number of hydrogen-bond acceptors (Lipinski definition) is 4. The average molecular weight is 321 g/mol. The van der Waals surface area contributed by atoms with Crippen molar-refractivity contribution >= 4 is 11.6 Å². The SMILES string of the molecule is CC(C)(C)c1ncc(NC(=O)c2ccccc2-n2cccn2)cn1. The van der Waals surface area contributed by atoms with Gasteiger partial charge in [-0.25, -0.2) is 14.6 Å². The molecule has 6 heteroatoms. The van der Waals surface area contributed by atoms with Gasteiger partial charge in [0.15, 0.2) is 0 Å². The standard InChI is InChI=1S/C18H19N5O/c1-18(2,3)17-19-11-13(12-20-17)22-16(24)14-7-4-5-8-15(14)23-10-6-9-21-23/h4-12H,1-3H3,(H,22,24). The molecule has 1 N–H and O–H groups in total. The molecule has 1 aromatic carbocycles. The van der Waals surface area contributed by atoms with Gasteiger partial charge in [-0.3, -0.25) is 4.79 Å². The molecular formula is C18H19N5O. The number of aromatic nitrogens is 4. The molecule has 0 atom stereocenters. The first-order chi connectivity index (χ1) is 11.4. The zero-order chi connectivity index (χ0) is 17.2. The normalized spacial score (nSPS) is 11.3. The van der Waals surface area contributed by atoms with Gasteiger partial charge in [-0.15, -0.1) is 0 Å². The van der Waals surface area contributed by atoms with Crippen LogP contribution in [0.2, 0.25) is 0 Å². The van der Waals surface area contributed by atoms with E-state index in [9.17, 15) is 4.79 Å². The van der Waals surface area contributed by atoms with Crippen LogP contribution in [0.25, 0.3) is 5.69 Å². The van der Waals surface area contributed by atoms with Crippen LogP contribution < -0.4 is 5.32 Å². The fourth-order valence-electron chi connectivity index (χ4n) is 2.26. The van der Waals surface area contributed by atoms with Crippen LogP contribution in [0.15, 0.2) is 55.1 Å². The molecule has 0 bridgehead atoms. The third-order valence-electron chi connectivity index (χ3n) is 3.48. The monoisotopic (exact) mass is 321 g/mol. The molecule has 2 heterocycles. The summed E-state index contributed by atoms with van der Waals surface area (Å²) in [5.74, 6) is 0.505. The second kappa shape index (κ2) is 6.23. The first-order valence-electron chi connectivity index (χ1n) is 7.68. The van der Waals surface area contributed by atoms with E-state index in [-0.39, 0.29) is 11.3 Å². The number of hydrogen-bond donors (Lipinski definition) is 1. The Hall–Kier alpha value is -3.02. The number of amides is 1. The Kier molecular flexibility index (Phi) is 4.12. The number of para-hydroxylation sites is 1. The highest BCUT2D eigenvalue weighted by atomic mass is 16.1. The molecule has 6 nitrogen and oxygen atoms in total. The number of anilines is 1. The van der Waals surface area contributed by atoms with E-state index in [1.807, 2.05) is 45.0 Å². The lowest BCUT2D eigenvalue weighted by atomic mass is 9.96. The summed E-state index contributed by atoms with van der Waals surface area (Å²) in [5.41, 5.74) is 1.67. The summed E-state index contributed by atoms with van der Waals surface area (Å²) in [6, 6.07) is 9.11. The molecule has 0 unspecified atom stereocenters. The highest BCUT2D eigenvalue weighted by Gasteiger charge is 2.17. The highest BCUT2D eigenvalue weighted by molar-refractivity contribution is 6.06. The van der Waals surface area contributed by atoms with Crippen molar-refractivity contribution in [1.82, 2.24) is 19.7 Å². The summed E-state index contributed by atoms with van der Waals surface area (Å²) in [6.07, 6.45) is 6.73. The summed E-state index contributed by atoms with van der Waals surface area (Å²) in [7, 11) is 0. The van der Waals surface area contributed by atoms with Gasteiger partial charge in [0, 0.05) is 17.8 Å². The van der Waals surface area contributed by atoms with E-state index < -0.39 is 0 Å². The van der Waals surface area contributed by atoms with Crippen LogP contribution in [0.1, 0.15) is 37.0 Å². The predicted molar refractivity (Wildman–Crippen MR) is 92.2 cm³/mol. The summed E-state index contributed by atoms with van der Waals surface area (Å²) in [5, 5.41) is 7.02. The Morgan fingerprint density at radius 3 is 2.42 bits per heavy atom. The largest absolute Gasteiger partial charge is 0.319 e. The lowest BCUT2D eigenvalue weighted by Gasteiger charge is -2.16. The summed E-state index contributed by atoms with van der Waals surface area (Å²) < 4.78 is 1.66. The van der Waals surface area contributed by atoms with Crippen LogP contribution in [-0.4, -0.2) is 25.7 Å². The van der Waals surface area contributed by atoms with Crippen LogP contribution in [0, 0.1) is 0 Å². The van der Waals surface area contributed by atoms with E-state index >= 15 is 0 Å². The molecule has 0 saturated heterocycles. The minimum atomic E-state index is -0.229. The number of benzene rings is 1. The molecule has 0 fully saturated rings. The van der Waals surface area contributed by atoms with Gasteiger partial charge < -0.3 is 5.32 Å². The number of rotatable bonds is 3. The Bertz CT molecular complexity index is 833. The molecule has 0 radical (unpaired) electrons. The molecule has 3 rings (SSSR count). The van der Waals surface area contributed by atoms with Crippen LogP contribution in [0.5, 0.6) is 0 Å². The average Bonchev–Trinajstić information content (AvgIpc) is 3.09. The first-order valence-corrected chi connectivity index (χ1v) is 7.68. The number of carbonyl (C=O) groups is 1. The van der Waals surface area contributed by atoms with Crippen molar-refractivity contribution in [2.45, 2.75) is 26.2 Å². The summed E-state index contributed by atoms with van der Waals surface area (Å²) >= 11 is 0. The maximum atomic E-state index is 12.6. The Morgan fingerprint density at radius 2 is 1.79 bits per heavy atom. The predicted octanol–water partition coefficient (Wildman–Crippen LogP) is 3.21. The van der Waals surface area contributed by atoms with Gasteiger partial charge in [-0.1, -0.05) is 32.9 Å². The summed E-state index contributed by atoms with van der Waals surface area (Å²) in [4.78, 5) is 21.3. The van der Waals surface area contributed by atoms with Crippen molar-refractivity contribution in [3.63, 3.8) is 0 Å². The number of carbonyl (C=O) groups excluding carboxylic acids is 1. The second-order valence-electron chi connectivity index (χ2n) is 6.47. The topological polar surface area (TPSA) is 72.7 Å². The van der Waals surface area contributed by atoms with Crippen LogP contribution in [0.3, 0.4) is 0 Å². The molecule has 0 aliphatic heterocycles. The Morgan fingerprint density at radius 1 is 1.08 bits per heavy atom. The van der Waals surface area contributed by atoms with Gasteiger partial charge in [0.25, 0.3) is 5.91 Å². The van der Waals surface area contributed by atoms with Crippen molar-refractivity contribution in [3.8, 4) is 5.69 Å². The molecule has 0 saturated carbocycles. The lowest BCUT2D eigenvalue weighted by molar-refractivity contribution is 0.102. The maximum absolute atomic E-state index is 12.6. The van der Waals surface area contributed by atoms with Crippen molar-refractivity contribution in [2.24, 2.45) is 0 Å². The van der Waals surface area contributed by atoms with E-state index in [4.69, 9.17) is 0 Å². The van der Waals surface area contributed by atoms with E-state index in [2.05, 4.69) is 20.4 Å². The third-order valence-corrected chi connectivity index (χ3v) is 3.48. The lowest BCUT2D eigenvalue weighted by Crippen LogP contribution is -2.18. The molecule has 122 valence electrons. The van der Waals surface area contributed by atoms with Gasteiger partial charge in [0.2, 0.25) is 0 Å². The van der Waals surface area contributed by atoms with Gasteiger partial charge in [0.05, 0.1) is 29.3 Å². The Labute approximate surface area is 140 Å². The number of nitrogens with zero attached hydrogens (tertiary/aromatic N) is 4. The maximum Gasteiger partial charge on any atom is 0.257 e. The van der Waals surface area contributed by atoms with Crippen LogP contribution >= 0.6 is 0 Å². The third kappa shape index (κ3) is 3.32. The van der Waals surface area contributed by atoms with Gasteiger partial charge in [-0.2, -0.15) is 5.10 Å².